The van der Waals surface area contributed by atoms with E-state index in [1.54, 1.807) is 37.3 Å². The summed E-state index contributed by atoms with van der Waals surface area (Å²) in [6, 6.07) is 12.3. The molecule has 1 fully saturated rings. The summed E-state index contributed by atoms with van der Waals surface area (Å²) in [4.78, 5) is 25.9. The van der Waals surface area contributed by atoms with Gasteiger partial charge in [0.25, 0.3) is 15.9 Å². The predicted molar refractivity (Wildman–Crippen MR) is 123 cm³/mol. The Kier molecular flexibility index (Phi) is 7.51. The summed E-state index contributed by atoms with van der Waals surface area (Å²) < 4.78 is 35.8. The average Bonchev–Trinajstić information content (AvgIpc) is 3.01. The molecule has 1 aliphatic heterocycles. The van der Waals surface area contributed by atoms with Crippen LogP contribution >= 0.6 is 24.0 Å². The van der Waals surface area contributed by atoms with Crippen LogP contribution in [0.4, 0.5) is 0 Å². The number of rotatable bonds is 9. The smallest absolute Gasteiger partial charge is 0.341 e. The highest BCUT2D eigenvalue weighted by atomic mass is 32.2. The van der Waals surface area contributed by atoms with Gasteiger partial charge in [0.15, 0.2) is 22.4 Å². The van der Waals surface area contributed by atoms with Crippen molar-refractivity contribution in [3.63, 3.8) is 0 Å². The molecule has 1 amide bonds. The third-order valence-corrected chi connectivity index (χ3v) is 6.59. The molecule has 0 bridgehead atoms. The van der Waals surface area contributed by atoms with Crippen LogP contribution in [0.15, 0.2) is 58.3 Å². The number of hydrazine groups is 1. The molecule has 3 rings (SSSR count). The van der Waals surface area contributed by atoms with Crippen molar-refractivity contribution in [2.75, 3.05) is 13.2 Å². The molecule has 9 nitrogen and oxygen atoms in total. The zero-order valence-corrected chi connectivity index (χ0v) is 19.1. The molecule has 0 aromatic heterocycles. The molecule has 1 aliphatic rings. The number of ether oxygens (including phenoxy) is 2. The Morgan fingerprint density at radius 2 is 1.91 bits per heavy atom. The van der Waals surface area contributed by atoms with E-state index in [4.69, 9.17) is 26.8 Å². The van der Waals surface area contributed by atoms with Crippen LogP contribution in [0.25, 0.3) is 6.08 Å². The van der Waals surface area contributed by atoms with Crippen molar-refractivity contribution >= 4 is 56.3 Å². The number of hydrogen-bond donors (Lipinski definition) is 2. The molecule has 2 aromatic rings. The normalized spacial score (nSPS) is 15.3. The van der Waals surface area contributed by atoms with E-state index in [9.17, 15) is 18.0 Å². The Morgan fingerprint density at radius 3 is 2.56 bits per heavy atom. The summed E-state index contributed by atoms with van der Waals surface area (Å²) in [6.45, 7) is 1.55. The van der Waals surface area contributed by atoms with E-state index in [0.717, 1.165) is 16.8 Å². The molecule has 1 saturated heterocycles. The highest BCUT2D eigenvalue weighted by molar-refractivity contribution is 8.26. The highest BCUT2D eigenvalue weighted by Crippen LogP contribution is 2.34. The number of carbonyl (C=O) groups is 2. The second kappa shape index (κ2) is 10.1. The summed E-state index contributed by atoms with van der Waals surface area (Å²) in [5, 5.41) is 9.60. The van der Waals surface area contributed by atoms with Crippen LogP contribution < -0.4 is 14.3 Å². The van der Waals surface area contributed by atoms with Gasteiger partial charge >= 0.3 is 5.97 Å². The van der Waals surface area contributed by atoms with Crippen molar-refractivity contribution in [1.82, 2.24) is 9.84 Å². The summed E-state index contributed by atoms with van der Waals surface area (Å²) >= 11 is 6.12. The van der Waals surface area contributed by atoms with E-state index in [1.165, 1.54) is 24.3 Å². The molecular formula is C20H18N2O7S3. The maximum absolute atomic E-state index is 12.8. The number of nitrogens with one attached hydrogen (secondary N) is 1. The second-order valence-electron chi connectivity index (χ2n) is 6.25. The number of carbonyl (C=O) groups excluding carboxylic acids is 1. The number of sulfonamides is 1. The van der Waals surface area contributed by atoms with Crippen LogP contribution in [0.5, 0.6) is 11.5 Å². The quantitative estimate of drug-likeness (QED) is 0.400. The molecule has 1 heterocycles. The highest BCUT2D eigenvalue weighted by Gasteiger charge is 2.35. The van der Waals surface area contributed by atoms with E-state index in [1.807, 2.05) is 0 Å². The van der Waals surface area contributed by atoms with Gasteiger partial charge in [0.05, 0.1) is 16.4 Å². The van der Waals surface area contributed by atoms with Crippen LogP contribution in [0.2, 0.25) is 0 Å². The van der Waals surface area contributed by atoms with Gasteiger partial charge in [-0.05, 0) is 42.8 Å². The number of benzene rings is 2. The maximum atomic E-state index is 12.8. The molecule has 2 aromatic carbocycles. The van der Waals surface area contributed by atoms with Gasteiger partial charge in [-0.25, -0.2) is 18.2 Å². The first-order valence-corrected chi connectivity index (χ1v) is 11.9. The first kappa shape index (κ1) is 23.7. The van der Waals surface area contributed by atoms with E-state index in [2.05, 4.69) is 4.83 Å². The Hall–Kier alpha value is -2.93. The minimum atomic E-state index is -4.00. The first-order chi connectivity index (χ1) is 15.2. The molecule has 32 heavy (non-hydrogen) atoms. The molecule has 168 valence electrons. The Balaban J connectivity index is 1.82. The van der Waals surface area contributed by atoms with E-state index < -0.39 is 28.5 Å². The summed E-state index contributed by atoms with van der Waals surface area (Å²) in [5.41, 5.74) is 0.558. The SMILES string of the molecule is CCOc1cc(/C=C2/SC(=S)N(NS(=O)(=O)c3ccccc3)C2=O)ccc1OCC(=O)O. The maximum Gasteiger partial charge on any atom is 0.341 e. The minimum absolute atomic E-state index is 0.00339. The number of thioether (sulfide) groups is 1. The number of aliphatic carboxylic acids is 1. The van der Waals surface area contributed by atoms with Crippen LogP contribution in [-0.4, -0.2) is 47.9 Å². The molecule has 0 aliphatic carbocycles. The number of nitrogens with zero attached hydrogens (tertiary/aromatic N) is 1. The van der Waals surface area contributed by atoms with Gasteiger partial charge in [-0.1, -0.05) is 48.2 Å². The Bertz CT molecular complexity index is 1180. The molecule has 2 N–H and O–H groups in total. The third kappa shape index (κ3) is 5.65. The fourth-order valence-electron chi connectivity index (χ4n) is 2.61. The van der Waals surface area contributed by atoms with Crippen LogP contribution in [0, 0.1) is 0 Å². The second-order valence-corrected chi connectivity index (χ2v) is 9.58. The van der Waals surface area contributed by atoms with Gasteiger partial charge in [0, 0.05) is 0 Å². The van der Waals surface area contributed by atoms with Gasteiger partial charge in [0.2, 0.25) is 0 Å². The van der Waals surface area contributed by atoms with Gasteiger partial charge in [0.1, 0.15) is 0 Å². The third-order valence-electron chi connectivity index (χ3n) is 3.98. The van der Waals surface area contributed by atoms with Crippen molar-refractivity contribution in [1.29, 1.82) is 0 Å². The lowest BCUT2D eigenvalue weighted by molar-refractivity contribution is -0.139. The van der Waals surface area contributed by atoms with Crippen LogP contribution in [0.3, 0.4) is 0 Å². The Labute approximate surface area is 194 Å². The fourth-order valence-corrected chi connectivity index (χ4v) is 4.94. The van der Waals surface area contributed by atoms with Crippen molar-refractivity contribution in [2.24, 2.45) is 0 Å². The van der Waals surface area contributed by atoms with E-state index in [0.29, 0.717) is 17.9 Å². The molecule has 0 radical (unpaired) electrons. The lowest BCUT2D eigenvalue weighted by Gasteiger charge is -2.15. The number of hydrogen-bond acceptors (Lipinski definition) is 8. The summed E-state index contributed by atoms with van der Waals surface area (Å²) in [7, 11) is -4.00. The predicted octanol–water partition coefficient (Wildman–Crippen LogP) is 2.64. The molecule has 12 heteroatoms. The molecule has 0 unspecified atom stereocenters. The largest absolute Gasteiger partial charge is 0.490 e. The van der Waals surface area contributed by atoms with Gasteiger partial charge in [-0.3, -0.25) is 4.79 Å². The first-order valence-electron chi connectivity index (χ1n) is 9.18. The molecule has 0 spiro atoms. The zero-order valence-electron chi connectivity index (χ0n) is 16.7. The van der Waals surface area contributed by atoms with Crippen LogP contribution in [-0.2, 0) is 19.6 Å². The van der Waals surface area contributed by atoms with Crippen molar-refractivity contribution in [3.8, 4) is 11.5 Å². The number of carboxylic acid groups (broad SMARTS) is 1. The lowest BCUT2D eigenvalue weighted by Crippen LogP contribution is -2.44. The minimum Gasteiger partial charge on any atom is -0.490 e. The van der Waals surface area contributed by atoms with Crippen molar-refractivity contribution in [3.05, 3.63) is 59.0 Å². The van der Waals surface area contributed by atoms with Gasteiger partial charge in [-0.15, -0.1) is 4.83 Å². The van der Waals surface area contributed by atoms with Gasteiger partial charge < -0.3 is 14.6 Å². The number of thiocarbonyl (C=S) groups is 1. The molecule has 0 saturated carbocycles. The lowest BCUT2D eigenvalue weighted by atomic mass is 10.2. The average molecular weight is 495 g/mol. The van der Waals surface area contributed by atoms with Gasteiger partial charge in [-0.2, -0.15) is 0 Å². The molecule has 0 atom stereocenters. The summed E-state index contributed by atoms with van der Waals surface area (Å²) in [5.74, 6) is -1.20. The zero-order chi connectivity index (χ0) is 23.3. The van der Waals surface area contributed by atoms with E-state index in [-0.39, 0.29) is 19.9 Å². The van der Waals surface area contributed by atoms with E-state index >= 15 is 0 Å². The summed E-state index contributed by atoms with van der Waals surface area (Å²) in [6.07, 6.45) is 1.53. The van der Waals surface area contributed by atoms with Crippen LogP contribution in [0.1, 0.15) is 12.5 Å². The van der Waals surface area contributed by atoms with Crippen molar-refractivity contribution < 1.29 is 32.6 Å². The standard InChI is InChI=1S/C20H18N2O7S3/c1-2-28-16-10-13(8-9-15(16)29-12-18(23)24)11-17-19(25)22(20(30)31-17)21-32(26,27)14-6-4-3-5-7-14/h3-11,21H,2,12H2,1H3,(H,23,24)/b17-11+. The number of carboxylic acids is 1. The van der Waals surface area contributed by atoms with Crippen molar-refractivity contribution in [2.45, 2.75) is 11.8 Å². The number of amides is 1. The molecular weight excluding hydrogens is 476 g/mol. The fraction of sp³-hybridized carbons (Fsp3) is 0.150. The monoisotopic (exact) mass is 494 g/mol. The topological polar surface area (TPSA) is 122 Å². The Morgan fingerprint density at radius 1 is 1.19 bits per heavy atom.